The fourth-order valence-corrected chi connectivity index (χ4v) is 7.57. The van der Waals surface area contributed by atoms with Crippen molar-refractivity contribution in [2.45, 2.75) is 67.2 Å². The summed E-state index contributed by atoms with van der Waals surface area (Å²) < 4.78 is 0. The maximum absolute atomic E-state index is 13.5. The van der Waals surface area contributed by atoms with Crippen LogP contribution in [0.1, 0.15) is 67.2 Å². The first-order chi connectivity index (χ1) is 16.5. The minimum atomic E-state index is -1.48. The van der Waals surface area contributed by atoms with Gasteiger partial charge in [-0.3, -0.25) is 28.8 Å². The summed E-state index contributed by atoms with van der Waals surface area (Å²) in [6, 6.07) is 4.61. The van der Waals surface area contributed by atoms with Gasteiger partial charge in [0.25, 0.3) is 0 Å². The van der Waals surface area contributed by atoms with Crippen LogP contribution in [0.5, 0.6) is 0 Å². The van der Waals surface area contributed by atoms with Gasteiger partial charge in [0, 0.05) is 10.8 Å². The summed E-state index contributed by atoms with van der Waals surface area (Å²) in [5, 5.41) is 5.37. The number of carbonyl (C=O) groups excluding carboxylic acids is 6. The Balaban J connectivity index is 1.40. The van der Waals surface area contributed by atoms with E-state index in [1.54, 1.807) is 47.6 Å². The molecule has 2 amide bonds. The van der Waals surface area contributed by atoms with E-state index in [0.717, 1.165) is 0 Å². The van der Waals surface area contributed by atoms with Crippen molar-refractivity contribution < 1.29 is 28.8 Å². The molecule has 0 radical (unpaired) electrons. The molecule has 4 saturated carbocycles. The standard InChI is InChI=1S/C27H31N3O6/c1-22(2)24(5)10-12-26(22,18(33)16(24)31)20(35)29-14-8-7-9-15(28-14)30-21(36)27-13-11-25(6,23(27,3)4)17(32)19(27)34/h7-9H,10-13H2,1-6H3,(H2,28,29,30,35,36). The minimum absolute atomic E-state index is 0.102. The number of amides is 2. The largest absolute Gasteiger partial charge is 0.310 e. The van der Waals surface area contributed by atoms with Crippen LogP contribution in [0.3, 0.4) is 0 Å². The monoisotopic (exact) mass is 493 g/mol. The van der Waals surface area contributed by atoms with E-state index in [-0.39, 0.29) is 24.5 Å². The second-order valence-electron chi connectivity index (χ2n) is 12.4. The summed E-state index contributed by atoms with van der Waals surface area (Å²) >= 11 is 0. The molecule has 1 heterocycles. The van der Waals surface area contributed by atoms with E-state index in [2.05, 4.69) is 15.6 Å². The molecule has 9 nitrogen and oxygen atoms in total. The van der Waals surface area contributed by atoms with Crippen LogP contribution in [0.4, 0.5) is 11.6 Å². The molecule has 4 bridgehead atoms. The highest BCUT2D eigenvalue weighted by atomic mass is 16.2. The van der Waals surface area contributed by atoms with Crippen molar-refractivity contribution in [1.82, 2.24) is 4.98 Å². The molecule has 190 valence electrons. The Morgan fingerprint density at radius 3 is 1.31 bits per heavy atom. The summed E-state index contributed by atoms with van der Waals surface area (Å²) in [4.78, 5) is 82.6. The van der Waals surface area contributed by atoms with Gasteiger partial charge in [0.15, 0.2) is 0 Å². The molecule has 0 aliphatic heterocycles. The molecule has 1 aromatic rings. The Bertz CT molecular complexity index is 1220. The fraction of sp³-hybridized carbons (Fsp3) is 0.593. The maximum atomic E-state index is 13.5. The van der Waals surface area contributed by atoms with Gasteiger partial charge in [-0.2, -0.15) is 0 Å². The Morgan fingerprint density at radius 1 is 0.639 bits per heavy atom. The Hall–Kier alpha value is -3.23. The molecule has 0 saturated heterocycles. The van der Waals surface area contributed by atoms with Gasteiger partial charge in [0.05, 0.1) is 0 Å². The third-order valence-electron chi connectivity index (χ3n) is 11.1. The normalized spacial score (nSPS) is 37.5. The van der Waals surface area contributed by atoms with Crippen molar-refractivity contribution in [1.29, 1.82) is 0 Å². The first-order valence-electron chi connectivity index (χ1n) is 12.3. The third-order valence-corrected chi connectivity index (χ3v) is 11.1. The molecule has 36 heavy (non-hydrogen) atoms. The molecular weight excluding hydrogens is 462 g/mol. The SMILES string of the molecule is CC12CCC(C(=O)Nc3cccc(NC(=O)C45CCC(C)(C(=O)C4=O)C5(C)C)n3)(C(=O)C1=O)C2(C)C. The van der Waals surface area contributed by atoms with Crippen LogP contribution in [-0.2, 0) is 28.8 Å². The topological polar surface area (TPSA) is 139 Å². The highest BCUT2D eigenvalue weighted by Gasteiger charge is 2.79. The zero-order valence-electron chi connectivity index (χ0n) is 21.5. The van der Waals surface area contributed by atoms with Crippen molar-refractivity contribution in [2.24, 2.45) is 32.5 Å². The number of Topliss-reactive ketones (excluding diaryl/α,β-unsaturated/α-hetero) is 4. The lowest BCUT2D eigenvalue weighted by atomic mass is 9.64. The maximum Gasteiger partial charge on any atom is 0.240 e. The number of rotatable bonds is 4. The molecule has 5 rings (SSSR count). The van der Waals surface area contributed by atoms with E-state index < -0.39 is 67.4 Å². The summed E-state index contributed by atoms with van der Waals surface area (Å²) in [6.07, 6.45) is 1.45. The van der Waals surface area contributed by atoms with Gasteiger partial charge in [-0.25, -0.2) is 4.98 Å². The van der Waals surface area contributed by atoms with Crippen LogP contribution in [0.25, 0.3) is 0 Å². The molecular formula is C27H31N3O6. The van der Waals surface area contributed by atoms with E-state index in [9.17, 15) is 28.8 Å². The highest BCUT2D eigenvalue weighted by molar-refractivity contribution is 6.49. The molecule has 4 unspecified atom stereocenters. The molecule has 0 spiro atoms. The van der Waals surface area contributed by atoms with Crippen molar-refractivity contribution in [2.75, 3.05) is 10.6 Å². The predicted molar refractivity (Wildman–Crippen MR) is 129 cm³/mol. The number of pyridine rings is 1. The van der Waals surface area contributed by atoms with Gasteiger partial charge in [-0.05, 0) is 48.6 Å². The lowest BCUT2D eigenvalue weighted by molar-refractivity contribution is -0.147. The third kappa shape index (κ3) is 2.30. The molecule has 4 aliphatic carbocycles. The molecule has 1 aromatic heterocycles. The van der Waals surface area contributed by atoms with E-state index in [0.29, 0.717) is 12.8 Å². The number of carbonyl (C=O) groups is 6. The smallest absolute Gasteiger partial charge is 0.240 e. The van der Waals surface area contributed by atoms with E-state index in [4.69, 9.17) is 0 Å². The lowest BCUT2D eigenvalue weighted by Gasteiger charge is -2.37. The molecule has 4 fully saturated rings. The zero-order valence-corrected chi connectivity index (χ0v) is 21.5. The number of aromatic nitrogens is 1. The number of fused-ring (bicyclic) bond motifs is 4. The van der Waals surface area contributed by atoms with Gasteiger partial charge < -0.3 is 10.6 Å². The van der Waals surface area contributed by atoms with Crippen LogP contribution in [0, 0.1) is 32.5 Å². The summed E-state index contributed by atoms with van der Waals surface area (Å²) in [7, 11) is 0. The average Bonchev–Trinajstić information content (AvgIpc) is 3.24. The minimum Gasteiger partial charge on any atom is -0.310 e. The number of nitrogens with zero attached hydrogens (tertiary/aromatic N) is 1. The summed E-state index contributed by atoms with van der Waals surface area (Å²) in [5.74, 6) is -3.34. The van der Waals surface area contributed by atoms with Crippen molar-refractivity contribution in [3.8, 4) is 0 Å². The Morgan fingerprint density at radius 2 is 1.00 bits per heavy atom. The molecule has 2 N–H and O–H groups in total. The van der Waals surface area contributed by atoms with E-state index in [1.165, 1.54) is 12.1 Å². The van der Waals surface area contributed by atoms with Crippen molar-refractivity contribution >= 4 is 46.6 Å². The van der Waals surface area contributed by atoms with Gasteiger partial charge in [-0.1, -0.05) is 47.6 Å². The van der Waals surface area contributed by atoms with Gasteiger partial charge in [-0.15, -0.1) is 0 Å². The average molecular weight is 494 g/mol. The van der Waals surface area contributed by atoms with Crippen molar-refractivity contribution in [3.05, 3.63) is 18.2 Å². The van der Waals surface area contributed by atoms with E-state index in [1.807, 2.05) is 0 Å². The second kappa shape index (κ2) is 6.75. The Labute approximate surface area is 209 Å². The zero-order chi connectivity index (χ0) is 26.7. The van der Waals surface area contributed by atoms with Gasteiger partial charge >= 0.3 is 0 Å². The first-order valence-corrected chi connectivity index (χ1v) is 12.3. The quantitative estimate of drug-likeness (QED) is 0.486. The van der Waals surface area contributed by atoms with Crippen molar-refractivity contribution in [3.63, 3.8) is 0 Å². The summed E-state index contributed by atoms with van der Waals surface area (Å²) in [5.41, 5.74) is -6.46. The van der Waals surface area contributed by atoms with Crippen LogP contribution in [0.15, 0.2) is 18.2 Å². The highest BCUT2D eigenvalue weighted by Crippen LogP contribution is 2.70. The predicted octanol–water partition coefficient (Wildman–Crippen LogP) is 2.89. The Kier molecular flexibility index (Phi) is 4.58. The second-order valence-corrected chi connectivity index (χ2v) is 12.4. The number of nitrogens with one attached hydrogen (secondary N) is 2. The fourth-order valence-electron chi connectivity index (χ4n) is 7.57. The number of hydrogen-bond acceptors (Lipinski definition) is 7. The lowest BCUT2D eigenvalue weighted by Crippen LogP contribution is -2.48. The first kappa shape index (κ1) is 24.5. The molecule has 9 heteroatoms. The van der Waals surface area contributed by atoms with Crippen LogP contribution in [0.2, 0.25) is 0 Å². The van der Waals surface area contributed by atoms with Gasteiger partial charge in [0.2, 0.25) is 34.9 Å². The number of ketones is 4. The van der Waals surface area contributed by atoms with E-state index >= 15 is 0 Å². The van der Waals surface area contributed by atoms with Gasteiger partial charge in [0.1, 0.15) is 22.5 Å². The molecule has 4 atom stereocenters. The molecule has 4 aliphatic rings. The molecule has 0 aromatic carbocycles. The number of hydrogen-bond donors (Lipinski definition) is 2. The van der Waals surface area contributed by atoms with Crippen LogP contribution >= 0.6 is 0 Å². The summed E-state index contributed by atoms with van der Waals surface area (Å²) in [6.45, 7) is 10.6. The van der Waals surface area contributed by atoms with Crippen LogP contribution < -0.4 is 10.6 Å². The number of anilines is 2. The van der Waals surface area contributed by atoms with Crippen LogP contribution in [-0.4, -0.2) is 39.9 Å².